The molecule has 5 heteroatoms. The number of rotatable bonds is 5. The summed E-state index contributed by atoms with van der Waals surface area (Å²) in [4.78, 5) is 10.3. The summed E-state index contributed by atoms with van der Waals surface area (Å²) in [6.45, 7) is 3.05. The maximum atomic E-state index is 10.3. The second-order valence-corrected chi connectivity index (χ2v) is 3.48. The molecule has 1 aliphatic heterocycles. The van der Waals surface area contributed by atoms with Crippen LogP contribution < -0.4 is 16.4 Å². The maximum absolute atomic E-state index is 10.3. The van der Waals surface area contributed by atoms with Crippen molar-refractivity contribution in [1.82, 2.24) is 10.6 Å². The van der Waals surface area contributed by atoms with E-state index in [9.17, 15) is 4.79 Å². The molecule has 1 saturated heterocycles. The number of hydrogen-bond donors (Lipinski definition) is 3. The molecule has 2 amide bonds. The van der Waals surface area contributed by atoms with Gasteiger partial charge in [0.2, 0.25) is 0 Å². The summed E-state index contributed by atoms with van der Waals surface area (Å²) in [6.07, 6.45) is 3.92. The van der Waals surface area contributed by atoms with E-state index in [1.807, 2.05) is 0 Å². The van der Waals surface area contributed by atoms with Gasteiger partial charge in [0.25, 0.3) is 0 Å². The second kappa shape index (κ2) is 6.62. The number of amides is 2. The molecule has 0 radical (unpaired) electrons. The molecular weight excluding hydrogens is 182 g/mol. The predicted octanol–water partition coefficient (Wildman–Crippen LogP) is -0.187. The van der Waals surface area contributed by atoms with E-state index in [-0.39, 0.29) is 0 Å². The number of ether oxygens (including phenoxy) is 1. The summed E-state index contributed by atoms with van der Waals surface area (Å²) in [5, 5.41) is 5.73. The Morgan fingerprint density at radius 1 is 1.43 bits per heavy atom. The highest BCUT2D eigenvalue weighted by atomic mass is 16.5. The van der Waals surface area contributed by atoms with Crippen molar-refractivity contribution in [1.29, 1.82) is 0 Å². The summed E-state index contributed by atoms with van der Waals surface area (Å²) in [6, 6.07) is -0.472. The molecule has 1 rings (SSSR count). The number of nitrogens with one attached hydrogen (secondary N) is 2. The van der Waals surface area contributed by atoms with Crippen molar-refractivity contribution in [3.8, 4) is 0 Å². The van der Waals surface area contributed by atoms with Crippen molar-refractivity contribution in [2.24, 2.45) is 5.73 Å². The minimum Gasteiger partial charge on any atom is -0.377 e. The van der Waals surface area contributed by atoms with E-state index in [1.165, 1.54) is 12.8 Å². The van der Waals surface area contributed by atoms with Crippen LogP contribution in [0.2, 0.25) is 0 Å². The molecule has 0 saturated carbocycles. The summed E-state index contributed by atoms with van der Waals surface area (Å²) in [5.41, 5.74) is 4.91. The van der Waals surface area contributed by atoms with Crippen molar-refractivity contribution in [3.63, 3.8) is 0 Å². The minimum atomic E-state index is -0.472. The van der Waals surface area contributed by atoms with Crippen LogP contribution in [0, 0.1) is 0 Å². The predicted molar refractivity (Wildman–Crippen MR) is 54.0 cm³/mol. The van der Waals surface area contributed by atoms with E-state index in [2.05, 4.69) is 10.6 Å². The zero-order valence-electron chi connectivity index (χ0n) is 8.42. The summed E-state index contributed by atoms with van der Waals surface area (Å²) in [7, 11) is 0. The lowest BCUT2D eigenvalue weighted by Gasteiger charge is -2.22. The van der Waals surface area contributed by atoms with E-state index in [4.69, 9.17) is 10.5 Å². The standard InChI is InChI=1S/C9H19N3O2/c10-9(13)12-5-4-11-7-8-3-1-2-6-14-8/h8,11H,1-7H2,(H3,10,12,13). The van der Waals surface area contributed by atoms with Gasteiger partial charge in [-0.15, -0.1) is 0 Å². The number of urea groups is 1. The van der Waals surface area contributed by atoms with E-state index < -0.39 is 6.03 Å². The van der Waals surface area contributed by atoms with Gasteiger partial charge in [0.1, 0.15) is 0 Å². The first-order chi connectivity index (χ1) is 6.79. The molecule has 1 heterocycles. The highest BCUT2D eigenvalue weighted by molar-refractivity contribution is 5.71. The zero-order chi connectivity index (χ0) is 10.2. The van der Waals surface area contributed by atoms with Crippen LogP contribution in [0.4, 0.5) is 4.79 Å². The van der Waals surface area contributed by atoms with Crippen molar-refractivity contribution in [3.05, 3.63) is 0 Å². The molecule has 1 atom stereocenters. The van der Waals surface area contributed by atoms with Crippen molar-refractivity contribution >= 4 is 6.03 Å². The van der Waals surface area contributed by atoms with Crippen LogP contribution in [0.15, 0.2) is 0 Å². The smallest absolute Gasteiger partial charge is 0.312 e. The molecule has 0 aromatic carbocycles. The lowest BCUT2D eigenvalue weighted by atomic mass is 10.1. The Bertz CT molecular complexity index is 169. The van der Waals surface area contributed by atoms with Gasteiger partial charge in [-0.2, -0.15) is 0 Å². The monoisotopic (exact) mass is 201 g/mol. The first-order valence-corrected chi connectivity index (χ1v) is 5.14. The van der Waals surface area contributed by atoms with Crippen LogP contribution in [0.25, 0.3) is 0 Å². The van der Waals surface area contributed by atoms with Gasteiger partial charge < -0.3 is 21.1 Å². The Labute approximate surface area is 84.4 Å². The lowest BCUT2D eigenvalue weighted by molar-refractivity contribution is 0.0171. The zero-order valence-corrected chi connectivity index (χ0v) is 8.42. The first kappa shape index (κ1) is 11.3. The fraction of sp³-hybridized carbons (Fsp3) is 0.889. The molecule has 14 heavy (non-hydrogen) atoms. The van der Waals surface area contributed by atoms with E-state index in [0.717, 1.165) is 26.1 Å². The molecule has 82 valence electrons. The van der Waals surface area contributed by atoms with Gasteiger partial charge in [-0.3, -0.25) is 0 Å². The first-order valence-electron chi connectivity index (χ1n) is 5.14. The highest BCUT2D eigenvalue weighted by Crippen LogP contribution is 2.11. The Balaban J connectivity index is 1.90. The summed E-state index contributed by atoms with van der Waals surface area (Å²) < 4.78 is 5.53. The topological polar surface area (TPSA) is 76.4 Å². The third kappa shape index (κ3) is 5.04. The number of primary amides is 1. The number of carbonyl (C=O) groups excluding carboxylic acids is 1. The molecule has 0 aromatic heterocycles. The van der Waals surface area contributed by atoms with Gasteiger partial charge in [-0.05, 0) is 19.3 Å². The molecule has 5 nitrogen and oxygen atoms in total. The van der Waals surface area contributed by atoms with Crippen molar-refractivity contribution in [2.45, 2.75) is 25.4 Å². The van der Waals surface area contributed by atoms with Crippen LogP contribution in [0.3, 0.4) is 0 Å². The third-order valence-corrected chi connectivity index (χ3v) is 2.25. The minimum absolute atomic E-state index is 0.345. The van der Waals surface area contributed by atoms with E-state index >= 15 is 0 Å². The van der Waals surface area contributed by atoms with Crippen molar-refractivity contribution < 1.29 is 9.53 Å². The fourth-order valence-corrected chi connectivity index (χ4v) is 1.51. The highest BCUT2D eigenvalue weighted by Gasteiger charge is 2.12. The Morgan fingerprint density at radius 2 is 2.29 bits per heavy atom. The molecular formula is C9H19N3O2. The quantitative estimate of drug-likeness (QED) is 0.540. The third-order valence-electron chi connectivity index (χ3n) is 2.25. The average Bonchev–Trinajstić information content (AvgIpc) is 2.18. The molecule has 0 spiro atoms. The Morgan fingerprint density at radius 3 is 2.93 bits per heavy atom. The van der Waals surface area contributed by atoms with Crippen LogP contribution in [0.1, 0.15) is 19.3 Å². The summed E-state index contributed by atoms with van der Waals surface area (Å²) in [5.74, 6) is 0. The molecule has 0 aromatic rings. The molecule has 1 unspecified atom stereocenters. The number of nitrogens with two attached hydrogens (primary N) is 1. The van der Waals surface area contributed by atoms with Gasteiger partial charge in [0.05, 0.1) is 6.10 Å². The lowest BCUT2D eigenvalue weighted by Crippen LogP contribution is -2.38. The molecule has 4 N–H and O–H groups in total. The van der Waals surface area contributed by atoms with Crippen LogP contribution >= 0.6 is 0 Å². The van der Waals surface area contributed by atoms with Crippen LogP contribution in [-0.2, 0) is 4.74 Å². The van der Waals surface area contributed by atoms with Gasteiger partial charge in [-0.25, -0.2) is 4.79 Å². The van der Waals surface area contributed by atoms with E-state index in [0.29, 0.717) is 12.6 Å². The average molecular weight is 201 g/mol. The molecule has 1 fully saturated rings. The van der Waals surface area contributed by atoms with Crippen LogP contribution in [0.5, 0.6) is 0 Å². The normalized spacial score (nSPS) is 21.9. The van der Waals surface area contributed by atoms with Crippen molar-refractivity contribution in [2.75, 3.05) is 26.2 Å². The van der Waals surface area contributed by atoms with Gasteiger partial charge in [0.15, 0.2) is 0 Å². The Hall–Kier alpha value is -0.810. The van der Waals surface area contributed by atoms with Gasteiger partial charge in [-0.1, -0.05) is 0 Å². The molecule has 0 aliphatic carbocycles. The van der Waals surface area contributed by atoms with Gasteiger partial charge >= 0.3 is 6.03 Å². The van der Waals surface area contributed by atoms with Gasteiger partial charge in [0, 0.05) is 26.2 Å². The fourth-order valence-electron chi connectivity index (χ4n) is 1.51. The number of hydrogen-bond acceptors (Lipinski definition) is 3. The molecule has 0 bridgehead atoms. The second-order valence-electron chi connectivity index (χ2n) is 3.48. The SMILES string of the molecule is NC(=O)NCCNCC1CCCCO1. The largest absolute Gasteiger partial charge is 0.377 e. The van der Waals surface area contributed by atoms with E-state index in [1.54, 1.807) is 0 Å². The Kier molecular flexibility index (Phi) is 5.32. The summed E-state index contributed by atoms with van der Waals surface area (Å²) >= 11 is 0. The molecule has 1 aliphatic rings. The number of carbonyl (C=O) groups is 1. The maximum Gasteiger partial charge on any atom is 0.312 e. The van der Waals surface area contributed by atoms with Crippen LogP contribution in [-0.4, -0.2) is 38.4 Å².